The third-order valence-electron chi connectivity index (χ3n) is 6.83. The molecule has 198 valence electrons. The Labute approximate surface area is 224 Å². The van der Waals surface area contributed by atoms with Crippen molar-refractivity contribution in [1.82, 2.24) is 20.0 Å². The number of rotatable bonds is 11. The molecule has 0 atom stereocenters. The first kappa shape index (κ1) is 25.7. The van der Waals surface area contributed by atoms with Gasteiger partial charge in [-0.3, -0.25) is 4.90 Å². The van der Waals surface area contributed by atoms with Crippen LogP contribution in [0, 0.1) is 0 Å². The van der Waals surface area contributed by atoms with Crippen molar-refractivity contribution in [3.05, 3.63) is 66.4 Å². The lowest BCUT2D eigenvalue weighted by molar-refractivity contribution is 0.263. The quantitative estimate of drug-likeness (QED) is 0.236. The lowest BCUT2D eigenvalue weighted by atomic mass is 10.1. The Balaban J connectivity index is 1.28. The van der Waals surface area contributed by atoms with Gasteiger partial charge in [-0.1, -0.05) is 19.0 Å². The van der Waals surface area contributed by atoms with E-state index in [0.29, 0.717) is 24.0 Å². The minimum absolute atomic E-state index is 0.291. The highest BCUT2D eigenvalue weighted by atomic mass is 16.5. The van der Waals surface area contributed by atoms with Crippen LogP contribution in [0.5, 0.6) is 5.75 Å². The van der Waals surface area contributed by atoms with Gasteiger partial charge in [-0.15, -0.1) is 0 Å². The first-order valence-electron chi connectivity index (χ1n) is 13.6. The van der Waals surface area contributed by atoms with Crippen LogP contribution in [-0.4, -0.2) is 51.3 Å². The minimum Gasteiger partial charge on any atom is -0.508 e. The van der Waals surface area contributed by atoms with Gasteiger partial charge in [0, 0.05) is 60.0 Å². The maximum Gasteiger partial charge on any atom is 0.258 e. The summed E-state index contributed by atoms with van der Waals surface area (Å²) in [5.74, 6) is 2.27. The van der Waals surface area contributed by atoms with Crippen molar-refractivity contribution in [2.24, 2.45) is 0 Å². The summed E-state index contributed by atoms with van der Waals surface area (Å²) in [6.07, 6.45) is 6.45. The van der Waals surface area contributed by atoms with Crippen molar-refractivity contribution in [3.63, 3.8) is 0 Å². The maximum atomic E-state index is 10.4. The Kier molecular flexibility index (Phi) is 8.19. The molecule has 1 fully saturated rings. The van der Waals surface area contributed by atoms with Gasteiger partial charge in [0.05, 0.1) is 0 Å². The topological polar surface area (TPSA) is 90.6 Å². The van der Waals surface area contributed by atoms with Crippen molar-refractivity contribution >= 4 is 17.2 Å². The predicted molar refractivity (Wildman–Crippen MR) is 152 cm³/mol. The van der Waals surface area contributed by atoms with Gasteiger partial charge in [-0.05, 0) is 87.3 Å². The van der Waals surface area contributed by atoms with Crippen LogP contribution in [-0.2, 0) is 6.54 Å². The number of aromatic nitrogens is 3. The molecule has 2 aromatic carbocycles. The number of phenols is 1. The molecule has 0 spiro atoms. The van der Waals surface area contributed by atoms with E-state index in [2.05, 4.69) is 50.2 Å². The zero-order valence-corrected chi connectivity index (χ0v) is 22.2. The highest BCUT2D eigenvalue weighted by Crippen LogP contribution is 2.29. The maximum absolute atomic E-state index is 10.4. The molecule has 8 heteroatoms. The van der Waals surface area contributed by atoms with Crippen molar-refractivity contribution in [2.45, 2.75) is 46.1 Å². The average Bonchev–Trinajstić information content (AvgIpc) is 3.64. The zero-order chi connectivity index (χ0) is 26.3. The predicted octanol–water partition coefficient (Wildman–Crippen LogP) is 6.47. The lowest BCUT2D eigenvalue weighted by Crippen LogP contribution is -2.24. The molecule has 38 heavy (non-hydrogen) atoms. The Morgan fingerprint density at radius 2 is 1.66 bits per heavy atom. The second-order valence-electron chi connectivity index (χ2n) is 9.84. The summed E-state index contributed by atoms with van der Waals surface area (Å²) in [5, 5.41) is 18.1. The Hall–Kier alpha value is -3.91. The fourth-order valence-corrected chi connectivity index (χ4v) is 4.93. The van der Waals surface area contributed by atoms with Gasteiger partial charge in [0.2, 0.25) is 5.82 Å². The van der Waals surface area contributed by atoms with Crippen LogP contribution >= 0.6 is 0 Å². The highest BCUT2D eigenvalue weighted by Gasteiger charge is 2.15. The first-order chi connectivity index (χ1) is 18.6. The van der Waals surface area contributed by atoms with Crippen molar-refractivity contribution in [1.29, 1.82) is 0 Å². The lowest BCUT2D eigenvalue weighted by Gasteiger charge is -2.21. The summed E-state index contributed by atoms with van der Waals surface area (Å²) in [4.78, 5) is 13.8. The molecule has 0 aliphatic carbocycles. The molecule has 0 radical (unpaired) electrons. The molecule has 4 aromatic rings. The summed E-state index contributed by atoms with van der Waals surface area (Å²) < 4.78 is 5.60. The van der Waals surface area contributed by atoms with Crippen LogP contribution in [0.25, 0.3) is 22.8 Å². The van der Waals surface area contributed by atoms with E-state index in [1.807, 2.05) is 48.7 Å². The molecule has 1 saturated heterocycles. The van der Waals surface area contributed by atoms with Crippen LogP contribution in [0.3, 0.4) is 0 Å². The Bertz CT molecular complexity index is 1320. The summed E-state index contributed by atoms with van der Waals surface area (Å²) in [6.45, 7) is 9.17. The van der Waals surface area contributed by atoms with Crippen molar-refractivity contribution < 1.29 is 9.63 Å². The SMILES string of the molecule is CCCN(CCC)Cc1cc(-c2noc(-c3ccc(Nc4ccnc(N5CCCC5)c4)cc3)n2)ccc1O. The third kappa shape index (κ3) is 6.14. The number of nitrogens with one attached hydrogen (secondary N) is 1. The van der Waals surface area contributed by atoms with E-state index in [1.54, 1.807) is 6.07 Å². The number of hydrogen-bond donors (Lipinski definition) is 2. The number of aromatic hydroxyl groups is 1. The minimum atomic E-state index is 0.291. The molecule has 5 rings (SSSR count). The van der Waals surface area contributed by atoms with Gasteiger partial charge < -0.3 is 19.8 Å². The van der Waals surface area contributed by atoms with Crippen molar-refractivity contribution in [2.75, 3.05) is 36.4 Å². The second-order valence-corrected chi connectivity index (χ2v) is 9.84. The summed E-state index contributed by atoms with van der Waals surface area (Å²) in [7, 11) is 0. The van der Waals surface area contributed by atoms with E-state index in [-0.39, 0.29) is 0 Å². The molecule has 3 heterocycles. The monoisotopic (exact) mass is 512 g/mol. The van der Waals surface area contributed by atoms with E-state index in [0.717, 1.165) is 72.9 Å². The number of benzene rings is 2. The smallest absolute Gasteiger partial charge is 0.258 e. The molecule has 1 aliphatic heterocycles. The number of phenolic OH excluding ortho intramolecular Hbond substituents is 1. The third-order valence-corrected chi connectivity index (χ3v) is 6.83. The number of nitrogens with zero attached hydrogens (tertiary/aromatic N) is 5. The second kappa shape index (κ2) is 12.1. The van der Waals surface area contributed by atoms with E-state index >= 15 is 0 Å². The molecule has 0 amide bonds. The van der Waals surface area contributed by atoms with Gasteiger partial charge in [-0.25, -0.2) is 4.98 Å². The van der Waals surface area contributed by atoms with Gasteiger partial charge in [0.25, 0.3) is 5.89 Å². The van der Waals surface area contributed by atoms with Gasteiger partial charge >= 0.3 is 0 Å². The van der Waals surface area contributed by atoms with E-state index in [9.17, 15) is 5.11 Å². The fourth-order valence-electron chi connectivity index (χ4n) is 4.93. The first-order valence-corrected chi connectivity index (χ1v) is 13.6. The molecule has 0 unspecified atom stereocenters. The van der Waals surface area contributed by atoms with Crippen LogP contribution in [0.2, 0.25) is 0 Å². The van der Waals surface area contributed by atoms with E-state index < -0.39 is 0 Å². The molecule has 2 N–H and O–H groups in total. The van der Waals surface area contributed by atoms with Crippen LogP contribution in [0.1, 0.15) is 45.1 Å². The Morgan fingerprint density at radius 3 is 2.39 bits per heavy atom. The number of anilines is 3. The molecule has 2 aromatic heterocycles. The Morgan fingerprint density at radius 1 is 0.921 bits per heavy atom. The molecular formula is C30H36N6O2. The summed E-state index contributed by atoms with van der Waals surface area (Å²) >= 11 is 0. The molecule has 0 saturated carbocycles. The largest absolute Gasteiger partial charge is 0.508 e. The van der Waals surface area contributed by atoms with Gasteiger partial charge in [0.15, 0.2) is 0 Å². The molecule has 8 nitrogen and oxygen atoms in total. The van der Waals surface area contributed by atoms with Gasteiger partial charge in [-0.2, -0.15) is 4.98 Å². The average molecular weight is 513 g/mol. The normalized spacial score (nSPS) is 13.4. The zero-order valence-electron chi connectivity index (χ0n) is 22.2. The molecule has 0 bridgehead atoms. The summed E-state index contributed by atoms with van der Waals surface area (Å²) in [5.41, 5.74) is 4.52. The molecular weight excluding hydrogens is 476 g/mol. The van der Waals surface area contributed by atoms with E-state index in [1.165, 1.54) is 12.8 Å². The van der Waals surface area contributed by atoms with Crippen LogP contribution in [0.4, 0.5) is 17.2 Å². The van der Waals surface area contributed by atoms with Crippen molar-refractivity contribution in [3.8, 4) is 28.6 Å². The van der Waals surface area contributed by atoms with Crippen LogP contribution in [0.15, 0.2) is 65.3 Å². The van der Waals surface area contributed by atoms with Crippen LogP contribution < -0.4 is 10.2 Å². The van der Waals surface area contributed by atoms with E-state index in [4.69, 9.17) is 4.52 Å². The number of pyridine rings is 1. The highest BCUT2D eigenvalue weighted by molar-refractivity contribution is 5.67. The molecule has 1 aliphatic rings. The summed E-state index contributed by atoms with van der Waals surface area (Å²) in [6, 6.07) is 17.5. The van der Waals surface area contributed by atoms with Gasteiger partial charge in [0.1, 0.15) is 11.6 Å². The number of hydrogen-bond acceptors (Lipinski definition) is 8. The standard InChI is InChI=1S/C30H36N6O2/c1-3-15-35(16-4-2)21-24-19-23(9-12-27(24)37)29-33-30(38-34-29)22-7-10-25(11-8-22)32-26-13-14-31-28(20-26)36-17-5-6-18-36/h7-14,19-20,37H,3-6,15-18,21H2,1-2H3,(H,31,32). The fraction of sp³-hybridized carbons (Fsp3) is 0.367.